The van der Waals surface area contributed by atoms with E-state index >= 15 is 0 Å². The molecule has 1 aromatic carbocycles. The minimum Gasteiger partial charge on any atom is -0.466 e. The normalized spacial score (nSPS) is 22.3. The number of nitrogens with zero attached hydrogens (tertiary/aromatic N) is 2. The van der Waals surface area contributed by atoms with Gasteiger partial charge in [-0.2, -0.15) is 0 Å². The van der Waals surface area contributed by atoms with Crippen LogP contribution in [0.1, 0.15) is 57.9 Å². The third-order valence-corrected chi connectivity index (χ3v) is 5.21. The fourth-order valence-electron chi connectivity index (χ4n) is 3.87. The summed E-state index contributed by atoms with van der Waals surface area (Å²) in [5.41, 5.74) is -0.657. The second-order valence-corrected chi connectivity index (χ2v) is 7.39. The van der Waals surface area contributed by atoms with E-state index in [2.05, 4.69) is 4.99 Å². The highest BCUT2D eigenvalue weighted by molar-refractivity contribution is 5.93. The molecule has 1 aliphatic carbocycles. The second kappa shape index (κ2) is 9.87. The molecule has 1 atom stereocenters. The van der Waals surface area contributed by atoms with Gasteiger partial charge in [-0.05, 0) is 32.3 Å². The van der Waals surface area contributed by atoms with Crippen molar-refractivity contribution in [2.45, 2.75) is 70.6 Å². The molecular weight excluding hydrogens is 372 g/mol. The number of aliphatic imine (C=N–C) groups is 1. The Kier molecular flexibility index (Phi) is 7.25. The van der Waals surface area contributed by atoms with Crippen molar-refractivity contribution in [3.8, 4) is 0 Å². The minimum atomic E-state index is -1.72. The Morgan fingerprint density at radius 1 is 1.10 bits per heavy atom. The third-order valence-electron chi connectivity index (χ3n) is 5.21. The Labute approximate surface area is 172 Å². The summed E-state index contributed by atoms with van der Waals surface area (Å²) in [7, 11) is 0. The first-order chi connectivity index (χ1) is 14.1. The lowest BCUT2D eigenvalue weighted by Gasteiger charge is -2.34. The molecule has 0 bridgehead atoms. The van der Waals surface area contributed by atoms with Crippen LogP contribution in [0.3, 0.4) is 0 Å². The van der Waals surface area contributed by atoms with Crippen molar-refractivity contribution < 1.29 is 23.9 Å². The van der Waals surface area contributed by atoms with Crippen molar-refractivity contribution in [2.24, 2.45) is 4.99 Å². The maximum absolute atomic E-state index is 12.8. The Morgan fingerprint density at radius 3 is 2.45 bits per heavy atom. The Bertz CT molecular complexity index is 730. The first kappa shape index (κ1) is 21.3. The van der Waals surface area contributed by atoms with E-state index in [1.54, 1.807) is 18.9 Å². The molecule has 3 rings (SSSR count). The molecule has 29 heavy (non-hydrogen) atoms. The standard InChI is InChI=1S/C22H30N2O5/c1-3-27-20(25)16-22(21(26)28-4-2)23-19(15-17-11-7-5-8-12-17)24(29-22)18-13-9-6-10-14-18/h5,7-8,11-12,18H,3-4,6,9-10,13-16H2,1-2H3. The molecule has 7 nitrogen and oxygen atoms in total. The molecule has 1 unspecified atom stereocenters. The zero-order chi connectivity index (χ0) is 20.7. The van der Waals surface area contributed by atoms with Crippen LogP contribution in [0.5, 0.6) is 0 Å². The SMILES string of the molecule is CCOC(=O)CC1(C(=O)OCC)N=C(Cc2ccccc2)N(C2CCCCC2)O1. The monoisotopic (exact) mass is 402 g/mol. The van der Waals surface area contributed by atoms with E-state index in [-0.39, 0.29) is 25.7 Å². The van der Waals surface area contributed by atoms with Crippen molar-refractivity contribution >= 4 is 17.8 Å². The van der Waals surface area contributed by atoms with Gasteiger partial charge < -0.3 is 9.47 Å². The van der Waals surface area contributed by atoms with Crippen LogP contribution in [-0.2, 0) is 30.3 Å². The van der Waals surface area contributed by atoms with Crippen LogP contribution < -0.4 is 0 Å². The highest BCUT2D eigenvalue weighted by atomic mass is 16.7. The van der Waals surface area contributed by atoms with E-state index < -0.39 is 17.7 Å². The lowest BCUT2D eigenvalue weighted by molar-refractivity contribution is -0.225. The third kappa shape index (κ3) is 5.15. The summed E-state index contributed by atoms with van der Waals surface area (Å²) in [6.45, 7) is 3.85. The van der Waals surface area contributed by atoms with Gasteiger partial charge in [-0.25, -0.2) is 19.7 Å². The molecule has 1 heterocycles. The number of carbonyl (C=O) groups excluding carboxylic acids is 2. The number of hydroxylamine groups is 2. The van der Waals surface area contributed by atoms with E-state index in [4.69, 9.17) is 14.3 Å². The van der Waals surface area contributed by atoms with Crippen LogP contribution in [0.2, 0.25) is 0 Å². The molecule has 1 saturated carbocycles. The summed E-state index contributed by atoms with van der Waals surface area (Å²) >= 11 is 0. The van der Waals surface area contributed by atoms with Gasteiger partial charge in [0.15, 0.2) is 0 Å². The summed E-state index contributed by atoms with van der Waals surface area (Å²) in [5, 5.41) is 1.77. The smallest absolute Gasteiger partial charge is 0.364 e. The molecule has 158 valence electrons. The number of ether oxygens (including phenoxy) is 2. The zero-order valence-electron chi connectivity index (χ0n) is 17.3. The second-order valence-electron chi connectivity index (χ2n) is 7.39. The largest absolute Gasteiger partial charge is 0.466 e. The summed E-state index contributed by atoms with van der Waals surface area (Å²) in [6.07, 6.45) is 5.54. The van der Waals surface area contributed by atoms with Gasteiger partial charge in [0, 0.05) is 6.42 Å². The van der Waals surface area contributed by atoms with Gasteiger partial charge in [-0.3, -0.25) is 4.79 Å². The van der Waals surface area contributed by atoms with Crippen LogP contribution in [0.4, 0.5) is 0 Å². The maximum Gasteiger partial charge on any atom is 0.364 e. The molecule has 0 aromatic heterocycles. The van der Waals surface area contributed by atoms with Crippen molar-refractivity contribution in [2.75, 3.05) is 13.2 Å². The maximum atomic E-state index is 12.8. The predicted octanol–water partition coefficient (Wildman–Crippen LogP) is 3.42. The highest BCUT2D eigenvalue weighted by Crippen LogP contribution is 2.35. The lowest BCUT2D eigenvalue weighted by atomic mass is 9.95. The molecule has 0 saturated heterocycles. The van der Waals surface area contributed by atoms with Crippen molar-refractivity contribution in [1.29, 1.82) is 0 Å². The van der Waals surface area contributed by atoms with Crippen LogP contribution in [-0.4, -0.2) is 47.8 Å². The van der Waals surface area contributed by atoms with Gasteiger partial charge in [0.1, 0.15) is 12.3 Å². The topological polar surface area (TPSA) is 77.4 Å². The molecule has 0 radical (unpaired) electrons. The zero-order valence-corrected chi connectivity index (χ0v) is 17.3. The molecule has 0 amide bonds. The fraction of sp³-hybridized carbons (Fsp3) is 0.591. The number of rotatable bonds is 8. The molecule has 1 aliphatic heterocycles. The van der Waals surface area contributed by atoms with Gasteiger partial charge in [0.2, 0.25) is 0 Å². The van der Waals surface area contributed by atoms with E-state index in [0.717, 1.165) is 31.2 Å². The molecular formula is C22H30N2O5. The van der Waals surface area contributed by atoms with Gasteiger partial charge in [-0.15, -0.1) is 0 Å². The fourth-order valence-corrected chi connectivity index (χ4v) is 3.87. The number of hydrogen-bond donors (Lipinski definition) is 0. The van der Waals surface area contributed by atoms with E-state index in [1.807, 2.05) is 30.3 Å². The summed E-state index contributed by atoms with van der Waals surface area (Å²) in [5.74, 6) is -0.536. The van der Waals surface area contributed by atoms with E-state index in [1.165, 1.54) is 6.42 Å². The quantitative estimate of drug-likeness (QED) is 0.620. The van der Waals surface area contributed by atoms with Crippen LogP contribution in [0, 0.1) is 0 Å². The van der Waals surface area contributed by atoms with Gasteiger partial charge in [0.05, 0.1) is 19.3 Å². The van der Waals surface area contributed by atoms with Crippen LogP contribution in [0.25, 0.3) is 0 Å². The van der Waals surface area contributed by atoms with Crippen molar-refractivity contribution in [3.63, 3.8) is 0 Å². The number of amidine groups is 1. The Morgan fingerprint density at radius 2 is 1.79 bits per heavy atom. The Hall–Kier alpha value is -2.41. The predicted molar refractivity (Wildman–Crippen MR) is 108 cm³/mol. The van der Waals surface area contributed by atoms with Crippen LogP contribution >= 0.6 is 0 Å². The van der Waals surface area contributed by atoms with E-state index in [0.29, 0.717) is 12.3 Å². The Balaban J connectivity index is 1.93. The molecule has 1 aromatic rings. The first-order valence-corrected chi connectivity index (χ1v) is 10.5. The highest BCUT2D eigenvalue weighted by Gasteiger charge is 2.52. The lowest BCUT2D eigenvalue weighted by Crippen LogP contribution is -2.46. The molecule has 2 aliphatic rings. The van der Waals surface area contributed by atoms with Gasteiger partial charge in [0.25, 0.3) is 5.72 Å². The van der Waals surface area contributed by atoms with Gasteiger partial charge in [-0.1, -0.05) is 49.6 Å². The minimum absolute atomic E-state index is 0.129. The molecule has 1 fully saturated rings. The van der Waals surface area contributed by atoms with Crippen LogP contribution in [0.15, 0.2) is 35.3 Å². The van der Waals surface area contributed by atoms with Crippen molar-refractivity contribution in [3.05, 3.63) is 35.9 Å². The molecule has 7 heteroatoms. The number of esters is 2. The van der Waals surface area contributed by atoms with Crippen molar-refractivity contribution in [1.82, 2.24) is 5.06 Å². The summed E-state index contributed by atoms with van der Waals surface area (Å²) in [6, 6.07) is 10.0. The summed E-state index contributed by atoms with van der Waals surface area (Å²) in [4.78, 5) is 35.9. The summed E-state index contributed by atoms with van der Waals surface area (Å²) < 4.78 is 10.3. The first-order valence-electron chi connectivity index (χ1n) is 10.5. The number of benzene rings is 1. The van der Waals surface area contributed by atoms with E-state index in [9.17, 15) is 9.59 Å². The average Bonchev–Trinajstić information content (AvgIpc) is 3.09. The number of carbonyl (C=O) groups is 2. The molecule has 0 spiro atoms. The molecule has 0 N–H and O–H groups in total. The van der Waals surface area contributed by atoms with Gasteiger partial charge >= 0.3 is 11.9 Å². The number of hydrogen-bond acceptors (Lipinski definition) is 7. The average molecular weight is 402 g/mol.